The number of nitrogens with one attached hydrogen (secondary N) is 1. The van der Waals surface area contributed by atoms with Crippen molar-refractivity contribution in [2.75, 3.05) is 32.4 Å². The number of hydrogen-bond donors (Lipinski definition) is 1. The molecule has 0 fully saturated rings. The van der Waals surface area contributed by atoms with Gasteiger partial charge >= 0.3 is 0 Å². The molecule has 4 aromatic rings. The van der Waals surface area contributed by atoms with Crippen molar-refractivity contribution in [3.8, 4) is 28.6 Å². The molecule has 180 valence electrons. The number of methoxy groups -OCH3 is 3. The van der Waals surface area contributed by atoms with Crippen LogP contribution >= 0.6 is 11.8 Å². The van der Waals surface area contributed by atoms with Crippen LogP contribution in [-0.2, 0) is 11.3 Å². The van der Waals surface area contributed by atoms with E-state index >= 15 is 0 Å². The maximum absolute atomic E-state index is 12.8. The van der Waals surface area contributed by atoms with E-state index in [0.29, 0.717) is 34.8 Å². The van der Waals surface area contributed by atoms with Gasteiger partial charge < -0.3 is 19.5 Å². The van der Waals surface area contributed by atoms with E-state index in [9.17, 15) is 4.79 Å². The number of carbonyl (C=O) groups excluding carboxylic acids is 1. The van der Waals surface area contributed by atoms with Crippen LogP contribution in [0.2, 0.25) is 0 Å². The van der Waals surface area contributed by atoms with Crippen molar-refractivity contribution < 1.29 is 19.0 Å². The quantitative estimate of drug-likeness (QED) is 0.246. The average molecular weight is 491 g/mol. The second kappa shape index (κ2) is 11.0. The molecule has 1 aromatic heterocycles. The fourth-order valence-electron chi connectivity index (χ4n) is 3.76. The maximum atomic E-state index is 12.8. The Morgan fingerprint density at radius 2 is 1.74 bits per heavy atom. The minimum absolute atomic E-state index is 0.131. The summed E-state index contributed by atoms with van der Waals surface area (Å²) in [6.45, 7) is 4.32. The fraction of sp³-hybridized carbons (Fsp3) is 0.192. The zero-order valence-electron chi connectivity index (χ0n) is 19.8. The lowest BCUT2D eigenvalue weighted by molar-refractivity contribution is -0.113. The molecule has 8 nitrogen and oxygen atoms in total. The molecule has 3 aromatic carbocycles. The van der Waals surface area contributed by atoms with Gasteiger partial charge in [-0.05, 0) is 23.6 Å². The summed E-state index contributed by atoms with van der Waals surface area (Å²) in [4.78, 5) is 12.8. The second-order valence-corrected chi connectivity index (χ2v) is 8.43. The number of benzene rings is 3. The Morgan fingerprint density at radius 1 is 1.03 bits per heavy atom. The Morgan fingerprint density at radius 3 is 2.43 bits per heavy atom. The molecule has 0 aliphatic heterocycles. The summed E-state index contributed by atoms with van der Waals surface area (Å²) in [7, 11) is 4.68. The Hall–Kier alpha value is -3.98. The Kier molecular flexibility index (Phi) is 7.57. The van der Waals surface area contributed by atoms with Gasteiger partial charge in [0.15, 0.2) is 22.5 Å². The Balaban J connectivity index is 1.56. The number of amides is 1. The number of ether oxygens (including phenoxy) is 3. The largest absolute Gasteiger partial charge is 0.493 e. The maximum Gasteiger partial charge on any atom is 0.234 e. The molecule has 0 spiro atoms. The molecular weight excluding hydrogens is 464 g/mol. The van der Waals surface area contributed by atoms with E-state index in [2.05, 4.69) is 22.1 Å². The van der Waals surface area contributed by atoms with Crippen LogP contribution in [0.25, 0.3) is 22.2 Å². The van der Waals surface area contributed by atoms with E-state index < -0.39 is 0 Å². The van der Waals surface area contributed by atoms with E-state index in [4.69, 9.17) is 14.2 Å². The van der Waals surface area contributed by atoms with Crippen molar-refractivity contribution in [2.45, 2.75) is 11.7 Å². The third kappa shape index (κ3) is 5.09. The van der Waals surface area contributed by atoms with Gasteiger partial charge in [0.25, 0.3) is 0 Å². The van der Waals surface area contributed by atoms with Crippen molar-refractivity contribution in [1.82, 2.24) is 14.8 Å². The molecular formula is C26H26N4O4S. The van der Waals surface area contributed by atoms with Gasteiger partial charge in [0, 0.05) is 23.2 Å². The van der Waals surface area contributed by atoms with Crippen LogP contribution in [-0.4, -0.2) is 47.8 Å². The molecule has 4 rings (SSSR count). The van der Waals surface area contributed by atoms with Gasteiger partial charge in [0.1, 0.15) is 0 Å². The third-order valence-corrected chi connectivity index (χ3v) is 6.31. The first-order chi connectivity index (χ1) is 17.1. The first-order valence-corrected chi connectivity index (χ1v) is 11.8. The summed E-state index contributed by atoms with van der Waals surface area (Å²) < 4.78 is 18.3. The van der Waals surface area contributed by atoms with Crippen molar-refractivity contribution >= 4 is 34.1 Å². The van der Waals surface area contributed by atoms with Crippen LogP contribution < -0.4 is 19.5 Å². The molecule has 0 unspecified atom stereocenters. The van der Waals surface area contributed by atoms with E-state index in [-0.39, 0.29) is 11.7 Å². The first-order valence-electron chi connectivity index (χ1n) is 10.8. The van der Waals surface area contributed by atoms with Crippen LogP contribution in [0.1, 0.15) is 0 Å². The summed E-state index contributed by atoms with van der Waals surface area (Å²) in [6, 6.07) is 17.4. The lowest BCUT2D eigenvalue weighted by Crippen LogP contribution is -2.15. The van der Waals surface area contributed by atoms with Gasteiger partial charge in [-0.15, -0.1) is 16.8 Å². The lowest BCUT2D eigenvalue weighted by atomic mass is 10.1. The summed E-state index contributed by atoms with van der Waals surface area (Å²) in [5, 5.41) is 14.4. The highest BCUT2D eigenvalue weighted by molar-refractivity contribution is 7.99. The minimum atomic E-state index is -0.131. The van der Waals surface area contributed by atoms with Gasteiger partial charge in [0.2, 0.25) is 11.7 Å². The number of nitrogens with zero attached hydrogens (tertiary/aromatic N) is 3. The zero-order valence-corrected chi connectivity index (χ0v) is 20.6. The predicted octanol–water partition coefficient (Wildman–Crippen LogP) is 5.04. The molecule has 0 bridgehead atoms. The molecule has 0 atom stereocenters. The monoisotopic (exact) mass is 490 g/mol. The SMILES string of the molecule is C=CCn1c(SCC(=O)Nc2cccc3ccccc23)nnc1-c1cc(OC)c(OC)c(OC)c1. The van der Waals surface area contributed by atoms with Crippen molar-refractivity contribution in [3.05, 3.63) is 67.3 Å². The van der Waals surface area contributed by atoms with Gasteiger partial charge in [0.05, 0.1) is 27.1 Å². The zero-order chi connectivity index (χ0) is 24.8. The van der Waals surface area contributed by atoms with Crippen LogP contribution in [0.15, 0.2) is 72.4 Å². The molecule has 9 heteroatoms. The van der Waals surface area contributed by atoms with E-state index in [0.717, 1.165) is 22.0 Å². The minimum Gasteiger partial charge on any atom is -0.493 e. The number of thioether (sulfide) groups is 1. The number of aromatic nitrogens is 3. The smallest absolute Gasteiger partial charge is 0.234 e. The third-order valence-electron chi connectivity index (χ3n) is 5.35. The number of carbonyl (C=O) groups is 1. The van der Waals surface area contributed by atoms with Crippen LogP contribution in [0.4, 0.5) is 5.69 Å². The molecule has 0 radical (unpaired) electrons. The van der Waals surface area contributed by atoms with Crippen LogP contribution in [0.3, 0.4) is 0 Å². The van der Waals surface area contributed by atoms with Crippen molar-refractivity contribution in [3.63, 3.8) is 0 Å². The number of hydrogen-bond acceptors (Lipinski definition) is 7. The van der Waals surface area contributed by atoms with Gasteiger partial charge in [-0.2, -0.15) is 0 Å². The van der Waals surface area contributed by atoms with Gasteiger partial charge in [-0.25, -0.2) is 0 Å². The molecule has 0 saturated carbocycles. The second-order valence-electron chi connectivity index (χ2n) is 7.48. The first kappa shape index (κ1) is 24.2. The highest BCUT2D eigenvalue weighted by Gasteiger charge is 2.20. The molecule has 0 saturated heterocycles. The molecule has 0 aliphatic rings. The molecule has 1 N–H and O–H groups in total. The van der Waals surface area contributed by atoms with Crippen LogP contribution in [0, 0.1) is 0 Å². The average Bonchev–Trinajstić information content (AvgIpc) is 3.29. The van der Waals surface area contributed by atoms with Crippen molar-refractivity contribution in [2.24, 2.45) is 0 Å². The Labute approximate surface area is 207 Å². The number of fused-ring (bicyclic) bond motifs is 1. The number of allylic oxidation sites excluding steroid dienone is 1. The van der Waals surface area contributed by atoms with Gasteiger partial charge in [-0.3, -0.25) is 9.36 Å². The fourth-order valence-corrected chi connectivity index (χ4v) is 4.51. The summed E-state index contributed by atoms with van der Waals surface area (Å²) in [6.07, 6.45) is 1.76. The normalized spacial score (nSPS) is 10.7. The van der Waals surface area contributed by atoms with E-state index in [1.165, 1.54) is 11.8 Å². The predicted molar refractivity (Wildman–Crippen MR) is 139 cm³/mol. The number of rotatable bonds is 10. The molecule has 1 amide bonds. The standard InChI is InChI=1S/C26H26N4O4S/c1-5-13-30-25(18-14-21(32-2)24(34-4)22(15-18)33-3)28-29-26(30)35-16-23(31)27-20-12-8-10-17-9-6-7-11-19(17)20/h5-12,14-15H,1,13,16H2,2-4H3,(H,27,31). The highest BCUT2D eigenvalue weighted by Crippen LogP contribution is 2.41. The summed E-state index contributed by atoms with van der Waals surface area (Å²) >= 11 is 1.31. The topological polar surface area (TPSA) is 87.5 Å². The van der Waals surface area contributed by atoms with Crippen molar-refractivity contribution in [1.29, 1.82) is 0 Å². The molecule has 0 aliphatic carbocycles. The Bertz CT molecular complexity index is 1340. The molecule has 35 heavy (non-hydrogen) atoms. The molecule has 1 heterocycles. The highest BCUT2D eigenvalue weighted by atomic mass is 32.2. The van der Waals surface area contributed by atoms with E-state index in [1.54, 1.807) is 27.4 Å². The van der Waals surface area contributed by atoms with E-state index in [1.807, 2.05) is 59.2 Å². The summed E-state index contributed by atoms with van der Waals surface area (Å²) in [5.74, 6) is 2.16. The van der Waals surface area contributed by atoms with Gasteiger partial charge in [-0.1, -0.05) is 54.2 Å². The summed E-state index contributed by atoms with van der Waals surface area (Å²) in [5.41, 5.74) is 1.51. The number of anilines is 1. The van der Waals surface area contributed by atoms with Crippen LogP contribution in [0.5, 0.6) is 17.2 Å². The lowest BCUT2D eigenvalue weighted by Gasteiger charge is -2.14.